The van der Waals surface area contributed by atoms with Crippen LogP contribution in [0.3, 0.4) is 0 Å². The van der Waals surface area contributed by atoms with Crippen LogP contribution in [0.25, 0.3) is 0 Å². The predicted molar refractivity (Wildman–Crippen MR) is 139 cm³/mol. The molecule has 0 radical (unpaired) electrons. The maximum absolute atomic E-state index is 9.53. The number of benzene rings is 1. The number of phenolic OH excluding ortho intramolecular Hbond substituents is 1. The number of hydrogen-bond acceptors (Lipinski definition) is 1. The molecule has 31 heavy (non-hydrogen) atoms. The first-order chi connectivity index (χ1) is 14.9. The molecule has 0 aliphatic heterocycles. The Kier molecular flexibility index (Phi) is 15.9. The van der Waals surface area contributed by atoms with E-state index in [4.69, 9.17) is 0 Å². The van der Waals surface area contributed by atoms with Crippen molar-refractivity contribution in [3.8, 4) is 5.75 Å². The minimum atomic E-state index is 0.372. The SMILES string of the molecule is CCCCCCCCCCCCC(CCCC(Cc1ccc(O)cc1)C(C)C)C(C)C. The quantitative estimate of drug-likeness (QED) is 0.216. The van der Waals surface area contributed by atoms with E-state index in [2.05, 4.69) is 46.8 Å². The van der Waals surface area contributed by atoms with Gasteiger partial charge in [0.2, 0.25) is 0 Å². The Morgan fingerprint density at radius 2 is 1.03 bits per heavy atom. The van der Waals surface area contributed by atoms with Gasteiger partial charge in [-0.25, -0.2) is 0 Å². The smallest absolute Gasteiger partial charge is 0.115 e. The maximum atomic E-state index is 9.53. The highest BCUT2D eigenvalue weighted by Crippen LogP contribution is 2.29. The Morgan fingerprint density at radius 1 is 0.581 bits per heavy atom. The normalized spacial score (nSPS) is 13.8. The first kappa shape index (κ1) is 28.1. The Morgan fingerprint density at radius 3 is 1.55 bits per heavy atom. The summed E-state index contributed by atoms with van der Waals surface area (Å²) in [4.78, 5) is 0. The molecule has 0 aliphatic rings. The lowest BCUT2D eigenvalue weighted by atomic mass is 9.81. The first-order valence-corrected chi connectivity index (χ1v) is 13.7. The molecule has 0 bridgehead atoms. The highest BCUT2D eigenvalue weighted by atomic mass is 16.3. The summed E-state index contributed by atoms with van der Waals surface area (Å²) in [5.41, 5.74) is 1.36. The molecule has 180 valence electrons. The zero-order valence-corrected chi connectivity index (χ0v) is 21.7. The summed E-state index contributed by atoms with van der Waals surface area (Å²) in [6, 6.07) is 7.83. The van der Waals surface area contributed by atoms with Gasteiger partial charge in [0.1, 0.15) is 5.75 Å². The highest BCUT2D eigenvalue weighted by Gasteiger charge is 2.17. The number of rotatable bonds is 19. The van der Waals surface area contributed by atoms with Crippen LogP contribution in [0, 0.1) is 23.7 Å². The summed E-state index contributed by atoms with van der Waals surface area (Å²) >= 11 is 0. The van der Waals surface area contributed by atoms with Gasteiger partial charge in [0.05, 0.1) is 0 Å². The van der Waals surface area contributed by atoms with E-state index in [0.717, 1.165) is 24.2 Å². The van der Waals surface area contributed by atoms with Crippen molar-refractivity contribution in [2.24, 2.45) is 23.7 Å². The molecule has 0 saturated heterocycles. The van der Waals surface area contributed by atoms with Crippen LogP contribution in [0.2, 0.25) is 0 Å². The van der Waals surface area contributed by atoms with Gasteiger partial charge in [-0.3, -0.25) is 0 Å². The second-order valence-electron chi connectivity index (χ2n) is 10.8. The molecule has 0 aromatic heterocycles. The van der Waals surface area contributed by atoms with Crippen LogP contribution < -0.4 is 0 Å². The van der Waals surface area contributed by atoms with E-state index in [-0.39, 0.29) is 0 Å². The standard InChI is InChI=1S/C30H54O/c1-6-7-8-9-10-11-12-13-14-15-17-28(25(2)3)18-16-19-29(26(4)5)24-27-20-22-30(31)23-21-27/h20-23,25-26,28-29,31H,6-19,24H2,1-5H3. The summed E-state index contributed by atoms with van der Waals surface area (Å²) in [5.74, 6) is 3.54. The van der Waals surface area contributed by atoms with Crippen molar-refractivity contribution >= 4 is 0 Å². The third-order valence-electron chi connectivity index (χ3n) is 7.40. The summed E-state index contributed by atoms with van der Waals surface area (Å²) in [5, 5.41) is 9.53. The zero-order valence-electron chi connectivity index (χ0n) is 21.7. The largest absolute Gasteiger partial charge is 0.508 e. The molecule has 2 atom stereocenters. The van der Waals surface area contributed by atoms with Crippen molar-refractivity contribution in [1.29, 1.82) is 0 Å². The Balaban J connectivity index is 2.22. The van der Waals surface area contributed by atoms with Crippen LogP contribution in [0.5, 0.6) is 5.75 Å². The van der Waals surface area contributed by atoms with E-state index < -0.39 is 0 Å². The van der Waals surface area contributed by atoms with E-state index in [9.17, 15) is 5.11 Å². The monoisotopic (exact) mass is 430 g/mol. The van der Waals surface area contributed by atoms with Gasteiger partial charge in [-0.1, -0.05) is 130 Å². The Bertz CT molecular complexity index is 516. The number of hydrogen-bond donors (Lipinski definition) is 1. The van der Waals surface area contributed by atoms with Crippen molar-refractivity contribution in [1.82, 2.24) is 0 Å². The lowest BCUT2D eigenvalue weighted by Crippen LogP contribution is -2.14. The van der Waals surface area contributed by atoms with Crippen LogP contribution in [0.1, 0.15) is 130 Å². The molecule has 1 nitrogen and oxygen atoms in total. The lowest BCUT2D eigenvalue weighted by molar-refractivity contribution is 0.284. The number of unbranched alkanes of at least 4 members (excludes halogenated alkanes) is 9. The van der Waals surface area contributed by atoms with Crippen molar-refractivity contribution in [2.75, 3.05) is 0 Å². The molecule has 2 unspecified atom stereocenters. The molecule has 1 N–H and O–H groups in total. The van der Waals surface area contributed by atoms with Crippen molar-refractivity contribution < 1.29 is 5.11 Å². The van der Waals surface area contributed by atoms with E-state index in [1.165, 1.54) is 95.5 Å². The van der Waals surface area contributed by atoms with Crippen LogP contribution in [-0.4, -0.2) is 5.11 Å². The summed E-state index contributed by atoms with van der Waals surface area (Å²) < 4.78 is 0. The molecule has 1 rings (SSSR count). The van der Waals surface area contributed by atoms with Crippen LogP contribution in [0.15, 0.2) is 24.3 Å². The number of aromatic hydroxyl groups is 1. The average molecular weight is 431 g/mol. The minimum absolute atomic E-state index is 0.372. The van der Waals surface area contributed by atoms with Crippen molar-refractivity contribution in [3.63, 3.8) is 0 Å². The Hall–Kier alpha value is -0.980. The van der Waals surface area contributed by atoms with E-state index >= 15 is 0 Å². The molecule has 1 aromatic rings. The van der Waals surface area contributed by atoms with Gasteiger partial charge < -0.3 is 5.11 Å². The fourth-order valence-corrected chi connectivity index (χ4v) is 4.95. The lowest BCUT2D eigenvalue weighted by Gasteiger charge is -2.24. The van der Waals surface area contributed by atoms with E-state index in [1.807, 2.05) is 12.1 Å². The molecule has 0 aliphatic carbocycles. The van der Waals surface area contributed by atoms with Gasteiger partial charge in [0.15, 0.2) is 0 Å². The molecular formula is C30H54O. The second kappa shape index (κ2) is 17.6. The van der Waals surface area contributed by atoms with Crippen LogP contribution in [0.4, 0.5) is 0 Å². The van der Waals surface area contributed by atoms with E-state index in [0.29, 0.717) is 11.7 Å². The predicted octanol–water partition coefficient (Wildman–Crippen LogP) is 9.96. The van der Waals surface area contributed by atoms with Crippen LogP contribution in [-0.2, 0) is 6.42 Å². The molecule has 0 fully saturated rings. The number of phenols is 1. The molecule has 0 spiro atoms. The zero-order chi connectivity index (χ0) is 22.9. The summed E-state index contributed by atoms with van der Waals surface area (Å²) in [6.45, 7) is 11.9. The molecular weight excluding hydrogens is 376 g/mol. The fourth-order valence-electron chi connectivity index (χ4n) is 4.95. The third kappa shape index (κ3) is 13.9. The highest BCUT2D eigenvalue weighted by molar-refractivity contribution is 5.26. The fraction of sp³-hybridized carbons (Fsp3) is 0.800. The first-order valence-electron chi connectivity index (χ1n) is 13.7. The van der Waals surface area contributed by atoms with Gasteiger partial charge in [-0.05, 0) is 54.2 Å². The summed E-state index contributed by atoms with van der Waals surface area (Å²) in [6.07, 6.45) is 21.0. The molecule has 0 heterocycles. The average Bonchev–Trinajstić information content (AvgIpc) is 2.74. The van der Waals surface area contributed by atoms with Gasteiger partial charge in [-0.2, -0.15) is 0 Å². The third-order valence-corrected chi connectivity index (χ3v) is 7.40. The topological polar surface area (TPSA) is 20.2 Å². The van der Waals surface area contributed by atoms with Crippen molar-refractivity contribution in [3.05, 3.63) is 29.8 Å². The van der Waals surface area contributed by atoms with Gasteiger partial charge in [0.25, 0.3) is 0 Å². The maximum Gasteiger partial charge on any atom is 0.115 e. The summed E-state index contributed by atoms with van der Waals surface area (Å²) in [7, 11) is 0. The second-order valence-corrected chi connectivity index (χ2v) is 10.8. The molecule has 0 amide bonds. The molecule has 1 aromatic carbocycles. The van der Waals surface area contributed by atoms with Gasteiger partial charge in [-0.15, -0.1) is 0 Å². The molecule has 0 saturated carbocycles. The minimum Gasteiger partial charge on any atom is -0.508 e. The molecule has 1 heteroatoms. The van der Waals surface area contributed by atoms with Crippen molar-refractivity contribution in [2.45, 2.75) is 131 Å². The van der Waals surface area contributed by atoms with Gasteiger partial charge >= 0.3 is 0 Å². The Labute approximate surface area is 195 Å². The van der Waals surface area contributed by atoms with Crippen LogP contribution >= 0.6 is 0 Å². The van der Waals surface area contributed by atoms with E-state index in [1.54, 1.807) is 0 Å². The van der Waals surface area contributed by atoms with Gasteiger partial charge in [0, 0.05) is 0 Å².